The molecule has 0 aromatic rings. The molecule has 1 rings (SSSR count). The predicted octanol–water partition coefficient (Wildman–Crippen LogP) is 2.88. The number of hydrogen-bond acceptors (Lipinski definition) is 5. The van der Waals surface area contributed by atoms with Crippen molar-refractivity contribution in [2.24, 2.45) is 0 Å². The standard InChI is InChI=1S/C14H18O5/c1-5-7-11-8-9(3)18-13(15)12(11)10(4)19-14(16)17-6-2/h5,7,9H,1,6,8H2,2-4H3/b11-7-,12-10-. The maximum absolute atomic E-state index is 11.9. The number of carbonyl (C=O) groups excluding carboxylic acids is 2. The molecule has 5 heteroatoms. The van der Waals surface area contributed by atoms with Gasteiger partial charge < -0.3 is 14.2 Å². The second-order valence-electron chi connectivity index (χ2n) is 4.06. The van der Waals surface area contributed by atoms with Gasteiger partial charge in [0.15, 0.2) is 0 Å². The summed E-state index contributed by atoms with van der Waals surface area (Å²) in [4.78, 5) is 23.1. The summed E-state index contributed by atoms with van der Waals surface area (Å²) in [6.07, 6.45) is 2.80. The molecule has 104 valence electrons. The van der Waals surface area contributed by atoms with Gasteiger partial charge in [0.1, 0.15) is 17.4 Å². The molecule has 0 saturated carbocycles. The van der Waals surface area contributed by atoms with Crippen molar-refractivity contribution in [2.75, 3.05) is 6.61 Å². The Morgan fingerprint density at radius 3 is 2.84 bits per heavy atom. The summed E-state index contributed by atoms with van der Waals surface area (Å²) in [5.41, 5.74) is 0.992. The van der Waals surface area contributed by atoms with Crippen molar-refractivity contribution in [1.82, 2.24) is 0 Å². The van der Waals surface area contributed by atoms with Crippen molar-refractivity contribution >= 4 is 12.1 Å². The fourth-order valence-corrected chi connectivity index (χ4v) is 1.81. The van der Waals surface area contributed by atoms with E-state index in [0.29, 0.717) is 6.42 Å². The maximum atomic E-state index is 11.9. The van der Waals surface area contributed by atoms with Crippen molar-refractivity contribution in [2.45, 2.75) is 33.3 Å². The molecule has 0 radical (unpaired) electrons. The third-order valence-electron chi connectivity index (χ3n) is 2.51. The Morgan fingerprint density at radius 1 is 1.58 bits per heavy atom. The molecular weight excluding hydrogens is 248 g/mol. The summed E-state index contributed by atoms with van der Waals surface area (Å²) in [7, 11) is 0. The van der Waals surface area contributed by atoms with Crippen LogP contribution in [0.4, 0.5) is 4.79 Å². The van der Waals surface area contributed by atoms with Gasteiger partial charge in [0.25, 0.3) is 0 Å². The highest BCUT2D eigenvalue weighted by atomic mass is 16.7. The number of allylic oxidation sites excluding steroid dienone is 3. The van der Waals surface area contributed by atoms with Crippen LogP contribution >= 0.6 is 0 Å². The Bertz CT molecular complexity index is 445. The highest BCUT2D eigenvalue weighted by molar-refractivity contribution is 5.95. The number of ether oxygens (including phenoxy) is 3. The van der Waals surface area contributed by atoms with Gasteiger partial charge in [-0.05, 0) is 26.3 Å². The van der Waals surface area contributed by atoms with Gasteiger partial charge in [-0.2, -0.15) is 0 Å². The van der Waals surface area contributed by atoms with E-state index >= 15 is 0 Å². The van der Waals surface area contributed by atoms with Crippen molar-refractivity contribution in [1.29, 1.82) is 0 Å². The van der Waals surface area contributed by atoms with Gasteiger partial charge in [-0.3, -0.25) is 0 Å². The average Bonchev–Trinajstić information content (AvgIpc) is 2.28. The van der Waals surface area contributed by atoms with Crippen LogP contribution in [-0.2, 0) is 19.0 Å². The van der Waals surface area contributed by atoms with Crippen molar-refractivity contribution < 1.29 is 23.8 Å². The number of carbonyl (C=O) groups is 2. The molecule has 1 saturated heterocycles. The molecular formula is C14H18O5. The predicted molar refractivity (Wildman–Crippen MR) is 69.3 cm³/mol. The molecule has 1 unspecified atom stereocenters. The molecule has 1 aliphatic heterocycles. The molecule has 5 nitrogen and oxygen atoms in total. The lowest BCUT2D eigenvalue weighted by Crippen LogP contribution is -2.26. The van der Waals surface area contributed by atoms with Crippen LogP contribution < -0.4 is 0 Å². The van der Waals surface area contributed by atoms with Crippen LogP contribution in [0, 0.1) is 0 Å². The van der Waals surface area contributed by atoms with E-state index in [2.05, 4.69) is 11.3 Å². The molecule has 19 heavy (non-hydrogen) atoms. The van der Waals surface area contributed by atoms with E-state index in [1.165, 1.54) is 6.92 Å². The van der Waals surface area contributed by atoms with E-state index in [1.54, 1.807) is 26.0 Å². The van der Waals surface area contributed by atoms with Crippen molar-refractivity contribution in [3.05, 3.63) is 35.6 Å². The molecule has 0 N–H and O–H groups in total. The molecule has 0 aromatic carbocycles. The summed E-state index contributed by atoms with van der Waals surface area (Å²) in [6.45, 7) is 8.81. The van der Waals surface area contributed by atoms with Crippen LogP contribution in [-0.4, -0.2) is 24.8 Å². The van der Waals surface area contributed by atoms with E-state index in [0.717, 1.165) is 5.57 Å². The Labute approximate surface area is 112 Å². The molecule has 0 spiro atoms. The summed E-state index contributed by atoms with van der Waals surface area (Å²) in [5.74, 6) is -0.336. The summed E-state index contributed by atoms with van der Waals surface area (Å²) in [6, 6.07) is 0. The van der Waals surface area contributed by atoms with E-state index in [-0.39, 0.29) is 24.0 Å². The molecule has 1 fully saturated rings. The van der Waals surface area contributed by atoms with Crippen LogP contribution in [0.5, 0.6) is 0 Å². The molecule has 0 bridgehead atoms. The third kappa shape index (κ3) is 3.98. The topological polar surface area (TPSA) is 61.8 Å². The van der Waals surface area contributed by atoms with Gasteiger partial charge in [0, 0.05) is 6.42 Å². The third-order valence-corrected chi connectivity index (χ3v) is 2.51. The lowest BCUT2D eigenvalue weighted by atomic mass is 9.96. The number of hydrogen-bond donors (Lipinski definition) is 0. The lowest BCUT2D eigenvalue weighted by Gasteiger charge is -2.24. The molecule has 0 amide bonds. The van der Waals surface area contributed by atoms with Crippen LogP contribution in [0.3, 0.4) is 0 Å². The molecule has 0 aromatic heterocycles. The quantitative estimate of drug-likeness (QED) is 0.446. The Hall–Kier alpha value is -2.04. The molecule has 1 aliphatic rings. The largest absolute Gasteiger partial charge is 0.513 e. The van der Waals surface area contributed by atoms with E-state index < -0.39 is 12.1 Å². The summed E-state index contributed by atoms with van der Waals surface area (Å²) in [5, 5.41) is 0. The fraction of sp³-hybridized carbons (Fsp3) is 0.429. The summed E-state index contributed by atoms with van der Waals surface area (Å²) >= 11 is 0. The highest BCUT2D eigenvalue weighted by Gasteiger charge is 2.29. The van der Waals surface area contributed by atoms with Gasteiger partial charge in [-0.15, -0.1) is 0 Å². The molecule has 1 heterocycles. The van der Waals surface area contributed by atoms with Gasteiger partial charge in [0.2, 0.25) is 0 Å². The van der Waals surface area contributed by atoms with Gasteiger partial charge in [-0.25, -0.2) is 9.59 Å². The zero-order chi connectivity index (χ0) is 14.4. The van der Waals surface area contributed by atoms with Crippen LogP contribution in [0.25, 0.3) is 0 Å². The Morgan fingerprint density at radius 2 is 2.26 bits per heavy atom. The molecule has 0 aliphatic carbocycles. The van der Waals surface area contributed by atoms with Crippen molar-refractivity contribution in [3.8, 4) is 0 Å². The first-order valence-electron chi connectivity index (χ1n) is 6.08. The zero-order valence-electron chi connectivity index (χ0n) is 11.4. The summed E-state index contributed by atoms with van der Waals surface area (Å²) < 4.78 is 14.8. The molecule has 1 atom stereocenters. The first-order valence-corrected chi connectivity index (χ1v) is 6.08. The minimum atomic E-state index is -0.836. The monoisotopic (exact) mass is 266 g/mol. The van der Waals surface area contributed by atoms with Crippen LogP contribution in [0.15, 0.2) is 35.6 Å². The Kier molecular flexibility index (Phi) is 5.36. The van der Waals surface area contributed by atoms with Gasteiger partial charge in [-0.1, -0.05) is 18.7 Å². The zero-order valence-corrected chi connectivity index (χ0v) is 11.4. The second-order valence-corrected chi connectivity index (χ2v) is 4.06. The van der Waals surface area contributed by atoms with E-state index in [4.69, 9.17) is 9.47 Å². The van der Waals surface area contributed by atoms with Crippen LogP contribution in [0.1, 0.15) is 27.2 Å². The van der Waals surface area contributed by atoms with E-state index in [1.807, 2.05) is 0 Å². The Balaban J connectivity index is 3.03. The normalized spacial score (nSPS) is 23.6. The highest BCUT2D eigenvalue weighted by Crippen LogP contribution is 2.28. The smallest absolute Gasteiger partial charge is 0.459 e. The first kappa shape index (κ1) is 15.0. The lowest BCUT2D eigenvalue weighted by molar-refractivity contribution is -0.145. The number of rotatable bonds is 3. The minimum absolute atomic E-state index is 0.170. The fourth-order valence-electron chi connectivity index (χ4n) is 1.81. The minimum Gasteiger partial charge on any atom is -0.459 e. The van der Waals surface area contributed by atoms with E-state index in [9.17, 15) is 9.59 Å². The maximum Gasteiger partial charge on any atom is 0.513 e. The number of cyclic esters (lactones) is 1. The second kappa shape index (κ2) is 6.78. The number of esters is 1. The van der Waals surface area contributed by atoms with Crippen LogP contribution in [0.2, 0.25) is 0 Å². The van der Waals surface area contributed by atoms with Crippen molar-refractivity contribution in [3.63, 3.8) is 0 Å². The van der Waals surface area contributed by atoms with Gasteiger partial charge >= 0.3 is 12.1 Å². The average molecular weight is 266 g/mol. The van der Waals surface area contributed by atoms with Gasteiger partial charge in [0.05, 0.1) is 6.61 Å². The SMILES string of the molecule is C=C/C=C1/CC(C)OC(=O)/C1=C(/C)OC(=O)OCC. The first-order chi connectivity index (χ1) is 8.99.